The van der Waals surface area contributed by atoms with Gasteiger partial charge >= 0.3 is 0 Å². The molecular formula is C19H32N2O. The molecule has 1 fully saturated rings. The van der Waals surface area contributed by atoms with Crippen LogP contribution in [0, 0.1) is 0 Å². The molecule has 0 bridgehead atoms. The van der Waals surface area contributed by atoms with Crippen LogP contribution in [-0.4, -0.2) is 41.4 Å². The van der Waals surface area contributed by atoms with Crippen molar-refractivity contribution in [2.75, 3.05) is 19.6 Å². The fraction of sp³-hybridized carbons (Fsp3) is 0.632. The summed E-state index contributed by atoms with van der Waals surface area (Å²) in [5.74, 6) is 0.268. The molecule has 1 aromatic rings. The molecule has 3 heteroatoms. The maximum atomic E-state index is 13.0. The average molecular weight is 304 g/mol. The van der Waals surface area contributed by atoms with Crippen LogP contribution in [-0.2, 0) is 4.79 Å². The summed E-state index contributed by atoms with van der Waals surface area (Å²) in [7, 11) is 0. The van der Waals surface area contributed by atoms with Gasteiger partial charge in [0.05, 0.1) is 0 Å². The molecule has 1 heterocycles. The predicted octanol–water partition coefficient (Wildman–Crippen LogP) is 4.11. The molecule has 22 heavy (non-hydrogen) atoms. The topological polar surface area (TPSA) is 23.6 Å². The summed E-state index contributed by atoms with van der Waals surface area (Å²) < 4.78 is 0. The number of carbonyl (C=O) groups excluding carboxylic acids is 1. The first-order valence-corrected chi connectivity index (χ1v) is 8.78. The van der Waals surface area contributed by atoms with Crippen molar-refractivity contribution in [1.29, 1.82) is 0 Å². The lowest BCUT2D eigenvalue weighted by molar-refractivity contribution is -0.137. The van der Waals surface area contributed by atoms with Crippen molar-refractivity contribution < 1.29 is 4.79 Å². The predicted molar refractivity (Wildman–Crippen MR) is 93.9 cm³/mol. The van der Waals surface area contributed by atoms with Crippen LogP contribution >= 0.6 is 0 Å². The van der Waals surface area contributed by atoms with Crippen molar-refractivity contribution in [2.45, 2.75) is 59.5 Å². The number of benzene rings is 1. The molecule has 1 aromatic carbocycles. The lowest BCUT2D eigenvalue weighted by atomic mass is 10.0. The van der Waals surface area contributed by atoms with Gasteiger partial charge in [-0.25, -0.2) is 0 Å². The van der Waals surface area contributed by atoms with Crippen LogP contribution in [0.4, 0.5) is 0 Å². The molecule has 1 unspecified atom stereocenters. The Morgan fingerprint density at radius 2 is 1.82 bits per heavy atom. The van der Waals surface area contributed by atoms with Crippen LogP contribution in [0.3, 0.4) is 0 Å². The maximum absolute atomic E-state index is 13.0. The van der Waals surface area contributed by atoms with Gasteiger partial charge in [0.1, 0.15) is 6.04 Å². The second-order valence-corrected chi connectivity index (χ2v) is 5.56. The first-order valence-electron chi connectivity index (χ1n) is 8.78. The monoisotopic (exact) mass is 304 g/mol. The van der Waals surface area contributed by atoms with Crippen molar-refractivity contribution in [3.8, 4) is 0 Å². The number of nitrogens with zero attached hydrogens (tertiary/aromatic N) is 2. The van der Waals surface area contributed by atoms with Crippen molar-refractivity contribution in [1.82, 2.24) is 9.80 Å². The highest BCUT2D eigenvalue weighted by atomic mass is 16.2. The molecule has 0 N–H and O–H groups in total. The summed E-state index contributed by atoms with van der Waals surface area (Å²) in [6, 6.07) is 10.4. The van der Waals surface area contributed by atoms with E-state index in [9.17, 15) is 4.79 Å². The third kappa shape index (κ3) is 4.33. The number of amides is 1. The number of carbonyl (C=O) groups is 1. The van der Waals surface area contributed by atoms with Gasteiger partial charge in [-0.2, -0.15) is 0 Å². The van der Waals surface area contributed by atoms with Gasteiger partial charge in [0.15, 0.2) is 0 Å². The normalized spacial score (nSPS) is 18.8. The highest BCUT2D eigenvalue weighted by Crippen LogP contribution is 2.27. The zero-order valence-corrected chi connectivity index (χ0v) is 14.9. The van der Waals surface area contributed by atoms with E-state index in [4.69, 9.17) is 0 Å². The molecule has 1 aliphatic heterocycles. The summed E-state index contributed by atoms with van der Waals surface area (Å²) in [6.45, 7) is 13.1. The number of hydrogen-bond acceptors (Lipinski definition) is 2. The largest absolute Gasteiger partial charge is 0.338 e. The van der Waals surface area contributed by atoms with Crippen LogP contribution < -0.4 is 0 Å². The average Bonchev–Trinajstić information content (AvgIpc) is 3.00. The Hall–Kier alpha value is -1.35. The van der Waals surface area contributed by atoms with Gasteiger partial charge in [-0.1, -0.05) is 58.0 Å². The van der Waals surface area contributed by atoms with Gasteiger partial charge in [0, 0.05) is 12.6 Å². The van der Waals surface area contributed by atoms with E-state index in [0.717, 1.165) is 38.0 Å². The quantitative estimate of drug-likeness (QED) is 0.817. The minimum absolute atomic E-state index is 0.133. The van der Waals surface area contributed by atoms with Crippen LogP contribution in [0.1, 0.15) is 59.1 Å². The number of likely N-dealkylation sites (tertiary alicyclic amines) is 1. The summed E-state index contributed by atoms with van der Waals surface area (Å²) in [5, 5.41) is 0. The minimum atomic E-state index is -0.133. The van der Waals surface area contributed by atoms with Crippen LogP contribution in [0.15, 0.2) is 30.3 Å². The molecule has 124 valence electrons. The van der Waals surface area contributed by atoms with E-state index in [1.54, 1.807) is 0 Å². The Morgan fingerprint density at radius 3 is 2.27 bits per heavy atom. The van der Waals surface area contributed by atoms with E-state index >= 15 is 0 Å². The molecule has 2 atom stereocenters. The van der Waals surface area contributed by atoms with Crippen LogP contribution in [0.5, 0.6) is 0 Å². The summed E-state index contributed by atoms with van der Waals surface area (Å²) in [4.78, 5) is 17.3. The maximum Gasteiger partial charge on any atom is 0.244 e. The van der Waals surface area contributed by atoms with Gasteiger partial charge in [0.2, 0.25) is 5.91 Å². The van der Waals surface area contributed by atoms with Crippen LogP contribution in [0.2, 0.25) is 0 Å². The third-order valence-corrected chi connectivity index (χ3v) is 4.36. The summed E-state index contributed by atoms with van der Waals surface area (Å²) in [5.41, 5.74) is 1.11. The Kier molecular flexibility index (Phi) is 8.18. The highest BCUT2D eigenvalue weighted by molar-refractivity contribution is 5.83. The SMILES string of the molecule is CC.CCN(CC)[C@H](C(=O)N1CCCC1C)c1ccccc1. The lowest BCUT2D eigenvalue weighted by Gasteiger charge is -2.34. The summed E-state index contributed by atoms with van der Waals surface area (Å²) in [6.07, 6.45) is 2.26. The molecule has 0 radical (unpaired) electrons. The van der Waals surface area contributed by atoms with Crippen molar-refractivity contribution in [3.05, 3.63) is 35.9 Å². The van der Waals surface area contributed by atoms with Gasteiger partial charge in [0.25, 0.3) is 0 Å². The smallest absolute Gasteiger partial charge is 0.244 e. The summed E-state index contributed by atoms with van der Waals surface area (Å²) >= 11 is 0. The third-order valence-electron chi connectivity index (χ3n) is 4.36. The standard InChI is InChI=1S/C17H26N2O.C2H6/c1-4-18(5-2)16(15-11-7-6-8-12-15)17(20)19-13-9-10-14(19)3;1-2/h6-8,11-12,14,16H,4-5,9-10,13H2,1-3H3;1-2H3/t14?,16-;/m0./s1. The zero-order valence-electron chi connectivity index (χ0n) is 14.9. The van der Waals surface area contributed by atoms with E-state index < -0.39 is 0 Å². The number of rotatable bonds is 5. The van der Waals surface area contributed by atoms with E-state index in [-0.39, 0.29) is 11.9 Å². The van der Waals surface area contributed by atoms with E-state index in [1.165, 1.54) is 0 Å². The fourth-order valence-corrected chi connectivity index (χ4v) is 3.15. The Balaban J connectivity index is 0.00000116. The number of hydrogen-bond donors (Lipinski definition) is 0. The second kappa shape index (κ2) is 9.62. The van der Waals surface area contributed by atoms with Crippen LogP contribution in [0.25, 0.3) is 0 Å². The molecular weight excluding hydrogens is 272 g/mol. The fourth-order valence-electron chi connectivity index (χ4n) is 3.15. The molecule has 2 rings (SSSR count). The Bertz CT molecular complexity index is 428. The zero-order chi connectivity index (χ0) is 16.5. The first-order chi connectivity index (χ1) is 10.7. The second-order valence-electron chi connectivity index (χ2n) is 5.56. The molecule has 3 nitrogen and oxygen atoms in total. The van der Waals surface area contributed by atoms with Crippen molar-refractivity contribution in [2.24, 2.45) is 0 Å². The molecule has 0 saturated carbocycles. The molecule has 0 spiro atoms. The Labute approximate surface area is 136 Å². The molecule has 0 aromatic heterocycles. The molecule has 1 aliphatic rings. The van der Waals surface area contributed by atoms with Gasteiger partial charge in [-0.15, -0.1) is 0 Å². The molecule has 1 saturated heterocycles. The Morgan fingerprint density at radius 1 is 1.23 bits per heavy atom. The first kappa shape index (κ1) is 18.7. The minimum Gasteiger partial charge on any atom is -0.338 e. The van der Waals surface area contributed by atoms with E-state index in [1.807, 2.05) is 32.0 Å². The van der Waals surface area contributed by atoms with Crippen molar-refractivity contribution >= 4 is 5.91 Å². The van der Waals surface area contributed by atoms with Gasteiger partial charge in [-0.05, 0) is 38.4 Å². The van der Waals surface area contributed by atoms with Crippen molar-refractivity contribution in [3.63, 3.8) is 0 Å². The molecule has 1 amide bonds. The van der Waals surface area contributed by atoms with Gasteiger partial charge < -0.3 is 4.90 Å². The lowest BCUT2D eigenvalue weighted by Crippen LogP contribution is -2.44. The highest BCUT2D eigenvalue weighted by Gasteiger charge is 2.34. The van der Waals surface area contributed by atoms with Gasteiger partial charge in [-0.3, -0.25) is 9.69 Å². The van der Waals surface area contributed by atoms with E-state index in [2.05, 4.69) is 42.7 Å². The molecule has 0 aliphatic carbocycles. The van der Waals surface area contributed by atoms with E-state index in [0.29, 0.717) is 6.04 Å². The number of likely N-dealkylation sites (N-methyl/N-ethyl adjacent to an activating group) is 1.